The molecule has 1 atom stereocenters. The summed E-state index contributed by atoms with van der Waals surface area (Å²) in [5, 5.41) is 8.12. The van der Waals surface area contributed by atoms with Gasteiger partial charge in [0, 0.05) is 24.2 Å². The first-order valence-electron chi connectivity index (χ1n) is 6.30. The lowest BCUT2D eigenvalue weighted by Gasteiger charge is -2.20. The van der Waals surface area contributed by atoms with E-state index in [9.17, 15) is 0 Å². The number of benzene rings is 1. The first-order chi connectivity index (χ1) is 9.17. The van der Waals surface area contributed by atoms with Crippen LogP contribution in [0.2, 0.25) is 0 Å². The van der Waals surface area contributed by atoms with Gasteiger partial charge in [-0.05, 0) is 43.2 Å². The third-order valence-electron chi connectivity index (χ3n) is 3.25. The van der Waals surface area contributed by atoms with Gasteiger partial charge in [0.25, 0.3) is 0 Å². The number of ether oxygens (including phenoxy) is 1. The van der Waals surface area contributed by atoms with Crippen LogP contribution in [-0.2, 0) is 0 Å². The standard InChI is InChI=1S/C15H19N3O/c1-10-7-11(2)15(14(8-10)19-3)12(9-16)13-5-4-6-17-18-13/h4-8,12H,9,16H2,1-3H3. The SMILES string of the molecule is COc1cc(C)cc(C)c1C(CN)c1cccnn1. The molecule has 4 nitrogen and oxygen atoms in total. The Morgan fingerprint density at radius 2 is 2.11 bits per heavy atom. The number of nitrogens with zero attached hydrogens (tertiary/aromatic N) is 2. The van der Waals surface area contributed by atoms with Crippen molar-refractivity contribution in [3.63, 3.8) is 0 Å². The number of aryl methyl sites for hydroxylation is 2. The fourth-order valence-electron chi connectivity index (χ4n) is 2.44. The topological polar surface area (TPSA) is 61.0 Å². The normalized spacial score (nSPS) is 12.2. The molecule has 0 saturated carbocycles. The largest absolute Gasteiger partial charge is 0.496 e. The second-order valence-electron chi connectivity index (χ2n) is 4.63. The van der Waals surface area contributed by atoms with Gasteiger partial charge in [-0.1, -0.05) is 6.07 Å². The van der Waals surface area contributed by atoms with Crippen LogP contribution < -0.4 is 10.5 Å². The molecule has 0 aliphatic rings. The Morgan fingerprint density at radius 1 is 1.32 bits per heavy atom. The summed E-state index contributed by atoms with van der Waals surface area (Å²) < 4.78 is 5.51. The monoisotopic (exact) mass is 257 g/mol. The Hall–Kier alpha value is -1.94. The molecule has 2 rings (SSSR count). The van der Waals surface area contributed by atoms with Gasteiger partial charge in [0.1, 0.15) is 5.75 Å². The third-order valence-corrected chi connectivity index (χ3v) is 3.25. The zero-order chi connectivity index (χ0) is 13.8. The Kier molecular flexibility index (Phi) is 4.12. The molecule has 1 aromatic carbocycles. The van der Waals surface area contributed by atoms with Gasteiger partial charge in [-0.2, -0.15) is 10.2 Å². The number of methoxy groups -OCH3 is 1. The maximum Gasteiger partial charge on any atom is 0.123 e. The lowest BCUT2D eigenvalue weighted by Crippen LogP contribution is -2.17. The maximum atomic E-state index is 5.94. The van der Waals surface area contributed by atoms with Gasteiger partial charge in [-0.3, -0.25) is 0 Å². The average Bonchev–Trinajstić information content (AvgIpc) is 2.42. The van der Waals surface area contributed by atoms with Crippen LogP contribution in [0.15, 0.2) is 30.5 Å². The fourth-order valence-corrected chi connectivity index (χ4v) is 2.44. The summed E-state index contributed by atoms with van der Waals surface area (Å²) in [5.41, 5.74) is 10.2. The molecular weight excluding hydrogens is 238 g/mol. The number of hydrogen-bond acceptors (Lipinski definition) is 4. The number of hydrogen-bond donors (Lipinski definition) is 1. The van der Waals surface area contributed by atoms with Crippen LogP contribution in [0.1, 0.15) is 28.3 Å². The zero-order valence-electron chi connectivity index (χ0n) is 11.6. The molecule has 4 heteroatoms. The molecule has 0 bridgehead atoms. The summed E-state index contributed by atoms with van der Waals surface area (Å²) in [6, 6.07) is 7.99. The average molecular weight is 257 g/mol. The van der Waals surface area contributed by atoms with Gasteiger partial charge < -0.3 is 10.5 Å². The lowest BCUT2D eigenvalue weighted by molar-refractivity contribution is 0.406. The van der Waals surface area contributed by atoms with E-state index in [-0.39, 0.29) is 5.92 Å². The first-order valence-corrected chi connectivity index (χ1v) is 6.30. The molecule has 0 fully saturated rings. The highest BCUT2D eigenvalue weighted by molar-refractivity contribution is 5.48. The van der Waals surface area contributed by atoms with Gasteiger partial charge in [-0.15, -0.1) is 0 Å². The third kappa shape index (κ3) is 2.74. The molecular formula is C15H19N3O. The summed E-state index contributed by atoms with van der Waals surface area (Å²) in [6.07, 6.45) is 1.66. The van der Waals surface area contributed by atoms with Crippen molar-refractivity contribution in [3.05, 3.63) is 52.8 Å². The van der Waals surface area contributed by atoms with Crippen molar-refractivity contribution in [2.45, 2.75) is 19.8 Å². The van der Waals surface area contributed by atoms with Crippen LogP contribution in [0, 0.1) is 13.8 Å². The molecule has 19 heavy (non-hydrogen) atoms. The van der Waals surface area contributed by atoms with E-state index < -0.39 is 0 Å². The number of rotatable bonds is 4. The molecule has 2 aromatic rings. The lowest BCUT2D eigenvalue weighted by atomic mass is 9.90. The van der Waals surface area contributed by atoms with Gasteiger partial charge in [-0.25, -0.2) is 0 Å². The molecule has 0 aliphatic carbocycles. The van der Waals surface area contributed by atoms with E-state index in [0.29, 0.717) is 6.54 Å². The Morgan fingerprint density at radius 3 is 2.68 bits per heavy atom. The van der Waals surface area contributed by atoms with Crippen molar-refractivity contribution < 1.29 is 4.74 Å². The summed E-state index contributed by atoms with van der Waals surface area (Å²) in [7, 11) is 1.68. The van der Waals surface area contributed by atoms with Crippen LogP contribution in [0.4, 0.5) is 0 Å². The zero-order valence-corrected chi connectivity index (χ0v) is 11.6. The summed E-state index contributed by atoms with van der Waals surface area (Å²) in [4.78, 5) is 0. The molecule has 0 spiro atoms. The highest BCUT2D eigenvalue weighted by Crippen LogP contribution is 2.33. The molecule has 0 amide bonds. The summed E-state index contributed by atoms with van der Waals surface area (Å²) in [5.74, 6) is 0.864. The molecule has 100 valence electrons. The van der Waals surface area contributed by atoms with Gasteiger partial charge in [0.15, 0.2) is 0 Å². The van der Waals surface area contributed by atoms with Crippen LogP contribution in [-0.4, -0.2) is 23.9 Å². The predicted molar refractivity (Wildman–Crippen MR) is 75.4 cm³/mol. The highest BCUT2D eigenvalue weighted by atomic mass is 16.5. The van der Waals surface area contributed by atoms with Crippen LogP contribution in [0.25, 0.3) is 0 Å². The van der Waals surface area contributed by atoms with Gasteiger partial charge >= 0.3 is 0 Å². The minimum atomic E-state index is 0.00394. The smallest absolute Gasteiger partial charge is 0.123 e. The van der Waals surface area contributed by atoms with Gasteiger partial charge in [0.05, 0.1) is 12.8 Å². The molecule has 1 unspecified atom stereocenters. The maximum absolute atomic E-state index is 5.94. The Bertz CT molecular complexity index is 555. The second kappa shape index (κ2) is 5.80. The van der Waals surface area contributed by atoms with Crippen molar-refractivity contribution in [1.82, 2.24) is 10.2 Å². The van der Waals surface area contributed by atoms with Crippen LogP contribution in [0.5, 0.6) is 5.75 Å². The minimum Gasteiger partial charge on any atom is -0.496 e. The molecule has 1 heterocycles. The summed E-state index contributed by atoms with van der Waals surface area (Å²) >= 11 is 0. The van der Waals surface area contributed by atoms with Crippen LogP contribution >= 0.6 is 0 Å². The Balaban J connectivity index is 2.55. The van der Waals surface area contributed by atoms with Crippen LogP contribution in [0.3, 0.4) is 0 Å². The molecule has 1 aromatic heterocycles. The van der Waals surface area contributed by atoms with Gasteiger partial charge in [0.2, 0.25) is 0 Å². The van der Waals surface area contributed by atoms with E-state index in [1.54, 1.807) is 13.3 Å². The van der Waals surface area contributed by atoms with Crippen molar-refractivity contribution in [1.29, 1.82) is 0 Å². The minimum absolute atomic E-state index is 0.00394. The molecule has 0 saturated heterocycles. The highest BCUT2D eigenvalue weighted by Gasteiger charge is 2.21. The summed E-state index contributed by atoms with van der Waals surface area (Å²) in [6.45, 7) is 4.60. The van der Waals surface area contributed by atoms with E-state index in [4.69, 9.17) is 10.5 Å². The van der Waals surface area contributed by atoms with Crippen molar-refractivity contribution in [2.75, 3.05) is 13.7 Å². The van der Waals surface area contributed by atoms with Crippen molar-refractivity contribution in [3.8, 4) is 5.75 Å². The van der Waals surface area contributed by atoms with Crippen molar-refractivity contribution >= 4 is 0 Å². The predicted octanol–water partition coefficient (Wildman–Crippen LogP) is 2.19. The molecule has 2 N–H and O–H groups in total. The van der Waals surface area contributed by atoms with E-state index in [2.05, 4.69) is 30.1 Å². The van der Waals surface area contributed by atoms with E-state index in [0.717, 1.165) is 22.6 Å². The number of aromatic nitrogens is 2. The van der Waals surface area contributed by atoms with Crippen molar-refractivity contribution in [2.24, 2.45) is 5.73 Å². The second-order valence-corrected chi connectivity index (χ2v) is 4.63. The quantitative estimate of drug-likeness (QED) is 0.912. The first kappa shape index (κ1) is 13.5. The van der Waals surface area contributed by atoms with E-state index in [1.165, 1.54) is 5.56 Å². The fraction of sp³-hybridized carbons (Fsp3) is 0.333. The van der Waals surface area contributed by atoms with E-state index >= 15 is 0 Å². The number of nitrogens with two attached hydrogens (primary N) is 1. The van der Waals surface area contributed by atoms with E-state index in [1.807, 2.05) is 18.2 Å². The molecule has 0 aliphatic heterocycles. The molecule has 0 radical (unpaired) electrons. The Labute approximate surface area is 113 Å².